The summed E-state index contributed by atoms with van der Waals surface area (Å²) in [5, 5.41) is 1.76. The van der Waals surface area contributed by atoms with Gasteiger partial charge < -0.3 is 9.47 Å². The van der Waals surface area contributed by atoms with E-state index in [0.29, 0.717) is 29.8 Å². The van der Waals surface area contributed by atoms with E-state index < -0.39 is 17.2 Å². The molecule has 0 unspecified atom stereocenters. The van der Waals surface area contributed by atoms with Crippen LogP contribution in [-0.4, -0.2) is 38.1 Å². The smallest absolute Gasteiger partial charge is 0.335 e. The molecule has 1 saturated heterocycles. The largest absolute Gasteiger partial charge is 0.350 e. The van der Waals surface area contributed by atoms with Crippen LogP contribution in [0.2, 0.25) is 5.02 Å². The van der Waals surface area contributed by atoms with Crippen LogP contribution in [0.1, 0.15) is 43.2 Å². The SMILES string of the molecule is CC1(C)OCC(Cn2c(=O)[nH]/c(=N\c3ccc4nc(C5CC5)sc4c3)n(Cc3ccc(Cl)cc3)c2=O)CO1. The number of nitrogens with one attached hydrogen (secondary N) is 1. The number of aromatic nitrogens is 4. The summed E-state index contributed by atoms with van der Waals surface area (Å²) in [5.41, 5.74) is 1.62. The third-order valence-corrected chi connectivity index (χ3v) is 8.19. The molecule has 0 amide bonds. The number of H-pyrrole nitrogens is 1. The highest BCUT2D eigenvalue weighted by Gasteiger charge is 2.29. The quantitative estimate of drug-likeness (QED) is 0.386. The molecule has 0 radical (unpaired) electrons. The van der Waals surface area contributed by atoms with Crippen LogP contribution in [0.4, 0.5) is 5.69 Å². The van der Waals surface area contributed by atoms with Gasteiger partial charge in [-0.25, -0.2) is 24.1 Å². The lowest BCUT2D eigenvalue weighted by Crippen LogP contribution is -2.52. The summed E-state index contributed by atoms with van der Waals surface area (Å²) in [6.07, 6.45) is 2.38. The molecule has 1 saturated carbocycles. The average molecular weight is 554 g/mol. The van der Waals surface area contributed by atoms with Crippen molar-refractivity contribution in [2.45, 2.75) is 51.5 Å². The van der Waals surface area contributed by atoms with Crippen molar-refractivity contribution in [2.24, 2.45) is 10.9 Å². The van der Waals surface area contributed by atoms with Gasteiger partial charge in [-0.05, 0) is 62.6 Å². The molecular formula is C27H28ClN5O4S. The van der Waals surface area contributed by atoms with E-state index in [9.17, 15) is 9.59 Å². The van der Waals surface area contributed by atoms with Crippen LogP contribution in [0.5, 0.6) is 0 Å². The van der Waals surface area contributed by atoms with E-state index in [4.69, 9.17) is 31.1 Å². The Balaban J connectivity index is 1.41. The minimum absolute atomic E-state index is 0.136. The Bertz CT molecular complexity index is 1670. The predicted octanol–water partition coefficient (Wildman–Crippen LogP) is 4.16. The Morgan fingerprint density at radius 2 is 1.84 bits per heavy atom. The van der Waals surface area contributed by atoms with E-state index in [1.165, 1.54) is 22.0 Å². The zero-order valence-electron chi connectivity index (χ0n) is 21.1. The number of thiazole rings is 1. The molecule has 2 aromatic heterocycles. The maximum atomic E-state index is 13.7. The van der Waals surface area contributed by atoms with Crippen molar-refractivity contribution in [3.63, 3.8) is 0 Å². The summed E-state index contributed by atoms with van der Waals surface area (Å²) < 4.78 is 15.2. The van der Waals surface area contributed by atoms with Gasteiger partial charge in [0.2, 0.25) is 5.62 Å². The minimum atomic E-state index is -0.677. The fourth-order valence-corrected chi connectivity index (χ4v) is 5.73. The molecule has 0 bridgehead atoms. The van der Waals surface area contributed by atoms with Crippen molar-refractivity contribution in [3.05, 3.63) is 84.6 Å². The number of nitrogens with zero attached hydrogens (tertiary/aromatic N) is 4. The van der Waals surface area contributed by atoms with Crippen LogP contribution in [0.3, 0.4) is 0 Å². The molecule has 2 aromatic carbocycles. The predicted molar refractivity (Wildman–Crippen MR) is 146 cm³/mol. The van der Waals surface area contributed by atoms with E-state index in [1.54, 1.807) is 23.5 Å². The molecule has 11 heteroatoms. The Kier molecular flexibility index (Phi) is 6.59. The number of aromatic amines is 1. The zero-order valence-corrected chi connectivity index (χ0v) is 22.7. The Morgan fingerprint density at radius 3 is 2.55 bits per heavy atom. The van der Waals surface area contributed by atoms with Gasteiger partial charge in [-0.2, -0.15) is 0 Å². The summed E-state index contributed by atoms with van der Waals surface area (Å²) in [4.78, 5) is 39.1. The molecule has 1 aliphatic heterocycles. The molecule has 0 atom stereocenters. The highest BCUT2D eigenvalue weighted by molar-refractivity contribution is 7.18. The second-order valence-electron chi connectivity index (χ2n) is 10.3. The molecule has 3 heterocycles. The van der Waals surface area contributed by atoms with Crippen molar-refractivity contribution in [3.8, 4) is 0 Å². The third-order valence-electron chi connectivity index (χ3n) is 6.76. The lowest BCUT2D eigenvalue weighted by molar-refractivity contribution is -0.263. The van der Waals surface area contributed by atoms with Gasteiger partial charge in [0, 0.05) is 23.4 Å². The molecule has 1 aliphatic carbocycles. The number of hydrogen-bond donors (Lipinski definition) is 1. The van der Waals surface area contributed by atoms with E-state index >= 15 is 0 Å². The van der Waals surface area contributed by atoms with Crippen LogP contribution in [0.25, 0.3) is 10.2 Å². The fourth-order valence-electron chi connectivity index (χ4n) is 4.44. The van der Waals surface area contributed by atoms with Crippen LogP contribution in [-0.2, 0) is 22.6 Å². The lowest BCUT2D eigenvalue weighted by atomic mass is 10.1. The van der Waals surface area contributed by atoms with Crippen molar-refractivity contribution in [1.82, 2.24) is 19.1 Å². The second-order valence-corrected chi connectivity index (χ2v) is 11.8. The second kappa shape index (κ2) is 9.92. The fraction of sp³-hybridized carbons (Fsp3) is 0.407. The van der Waals surface area contributed by atoms with Crippen molar-refractivity contribution >= 4 is 38.8 Å². The van der Waals surface area contributed by atoms with Gasteiger partial charge >= 0.3 is 11.4 Å². The Labute approximate surface area is 227 Å². The topological polar surface area (TPSA) is 103 Å². The minimum Gasteiger partial charge on any atom is -0.350 e. The number of benzene rings is 2. The Morgan fingerprint density at radius 1 is 1.11 bits per heavy atom. The maximum absolute atomic E-state index is 13.7. The highest BCUT2D eigenvalue weighted by atomic mass is 35.5. The number of ether oxygens (including phenoxy) is 2. The van der Waals surface area contributed by atoms with E-state index in [2.05, 4.69) is 4.98 Å². The van der Waals surface area contributed by atoms with Gasteiger partial charge in [-0.15, -0.1) is 11.3 Å². The summed E-state index contributed by atoms with van der Waals surface area (Å²) in [6, 6.07) is 13.0. The zero-order chi connectivity index (χ0) is 26.4. The molecule has 1 N–H and O–H groups in total. The van der Waals surface area contributed by atoms with Gasteiger partial charge in [-0.1, -0.05) is 23.7 Å². The highest BCUT2D eigenvalue weighted by Crippen LogP contribution is 2.43. The average Bonchev–Trinajstić information content (AvgIpc) is 3.65. The maximum Gasteiger partial charge on any atom is 0.335 e. The molecule has 2 fully saturated rings. The van der Waals surface area contributed by atoms with E-state index in [-0.39, 0.29) is 24.6 Å². The van der Waals surface area contributed by atoms with Crippen LogP contribution in [0, 0.1) is 5.92 Å². The third kappa shape index (κ3) is 5.40. The monoisotopic (exact) mass is 553 g/mol. The first-order valence-electron chi connectivity index (χ1n) is 12.7. The normalized spacial score (nSPS) is 18.3. The number of hydrogen-bond acceptors (Lipinski definition) is 7. The Hall–Kier alpha value is -3.05. The van der Waals surface area contributed by atoms with Crippen molar-refractivity contribution in [1.29, 1.82) is 0 Å². The summed E-state index contributed by atoms with van der Waals surface area (Å²) >= 11 is 7.74. The van der Waals surface area contributed by atoms with Gasteiger partial charge in [0.1, 0.15) is 0 Å². The van der Waals surface area contributed by atoms with Gasteiger partial charge in [0.25, 0.3) is 0 Å². The first kappa shape index (κ1) is 25.2. The number of fused-ring (bicyclic) bond motifs is 1. The molecule has 2 aliphatic rings. The van der Waals surface area contributed by atoms with Gasteiger partial charge in [0.05, 0.1) is 40.7 Å². The first-order chi connectivity index (χ1) is 18.2. The molecular weight excluding hydrogens is 526 g/mol. The molecule has 198 valence electrons. The molecule has 38 heavy (non-hydrogen) atoms. The van der Waals surface area contributed by atoms with Gasteiger partial charge in [-0.3, -0.25) is 9.55 Å². The summed E-state index contributed by atoms with van der Waals surface area (Å²) in [6.45, 7) is 4.84. The molecule has 4 aromatic rings. The standard InChI is InChI=1S/C27H28ClN5O4S/c1-27(2)36-14-17(15-37-27)13-33-25(34)31-24(32(26(33)35)12-16-3-7-19(28)8-4-16)29-20-9-10-21-22(11-20)38-23(30-21)18-5-6-18/h3-4,7-11,17-18H,5-6,12-15H2,1-2H3,(H,29,31,34). The van der Waals surface area contributed by atoms with E-state index in [0.717, 1.165) is 20.8 Å². The van der Waals surface area contributed by atoms with Gasteiger partial charge in [0.15, 0.2) is 5.79 Å². The summed E-state index contributed by atoms with van der Waals surface area (Å²) in [7, 11) is 0. The van der Waals surface area contributed by atoms with Crippen molar-refractivity contribution < 1.29 is 9.47 Å². The van der Waals surface area contributed by atoms with Crippen LogP contribution in [0.15, 0.2) is 57.0 Å². The number of rotatable bonds is 6. The summed E-state index contributed by atoms with van der Waals surface area (Å²) in [5.74, 6) is -0.240. The molecule has 9 nitrogen and oxygen atoms in total. The van der Waals surface area contributed by atoms with Crippen LogP contribution < -0.4 is 17.0 Å². The molecule has 0 spiro atoms. The van der Waals surface area contributed by atoms with Crippen LogP contribution >= 0.6 is 22.9 Å². The molecule has 6 rings (SSSR count). The first-order valence-corrected chi connectivity index (χ1v) is 13.8. The van der Waals surface area contributed by atoms with E-state index in [1.807, 2.05) is 44.2 Å². The van der Waals surface area contributed by atoms with Crippen molar-refractivity contribution in [2.75, 3.05) is 13.2 Å². The lowest BCUT2D eigenvalue weighted by Gasteiger charge is -2.34. The number of halogens is 1.